The normalized spacial score (nSPS) is 19.8. The molecule has 1 atom stereocenters. The van der Waals surface area contributed by atoms with Gasteiger partial charge in [0.2, 0.25) is 0 Å². The Kier molecular flexibility index (Phi) is 5.16. The third-order valence-corrected chi connectivity index (χ3v) is 3.34. The Morgan fingerprint density at radius 3 is 3.22 bits per heavy atom. The Morgan fingerprint density at radius 2 is 2.50 bits per heavy atom. The number of imidazole rings is 1. The van der Waals surface area contributed by atoms with E-state index in [1.54, 1.807) is 7.11 Å². The molecule has 1 aromatic heterocycles. The summed E-state index contributed by atoms with van der Waals surface area (Å²) in [5.41, 5.74) is 0. The zero-order valence-corrected chi connectivity index (χ0v) is 11.3. The Morgan fingerprint density at radius 1 is 1.61 bits per heavy atom. The van der Waals surface area contributed by atoms with E-state index in [1.165, 1.54) is 6.42 Å². The maximum Gasteiger partial charge on any atom is 0.122 e. The van der Waals surface area contributed by atoms with Crippen molar-refractivity contribution in [2.45, 2.75) is 19.5 Å². The van der Waals surface area contributed by atoms with Gasteiger partial charge in [-0.1, -0.05) is 0 Å². The second-order valence-electron chi connectivity index (χ2n) is 4.96. The molecular formula is C13H23N3O2. The molecule has 1 aliphatic heterocycles. The fourth-order valence-electron chi connectivity index (χ4n) is 2.36. The van der Waals surface area contributed by atoms with E-state index in [9.17, 15) is 0 Å². The average molecular weight is 253 g/mol. The zero-order valence-electron chi connectivity index (χ0n) is 11.3. The summed E-state index contributed by atoms with van der Waals surface area (Å²) in [6.07, 6.45) is 5.06. The maximum absolute atomic E-state index is 5.41. The molecule has 18 heavy (non-hydrogen) atoms. The standard InChI is InChI=1S/C13H23N3O2/c1-15(9-12-3-7-18-11-12)10-13-14-4-5-16(13)6-8-17-2/h4-5,12H,3,6-11H2,1-2H3. The van der Waals surface area contributed by atoms with Gasteiger partial charge in [0.05, 0.1) is 19.8 Å². The van der Waals surface area contributed by atoms with Gasteiger partial charge < -0.3 is 14.0 Å². The van der Waals surface area contributed by atoms with Crippen LogP contribution in [-0.4, -0.2) is 55.0 Å². The highest BCUT2D eigenvalue weighted by atomic mass is 16.5. The highest BCUT2D eigenvalue weighted by molar-refractivity contribution is 4.92. The van der Waals surface area contributed by atoms with E-state index < -0.39 is 0 Å². The van der Waals surface area contributed by atoms with E-state index in [4.69, 9.17) is 9.47 Å². The van der Waals surface area contributed by atoms with Gasteiger partial charge in [0.1, 0.15) is 5.82 Å². The third-order valence-electron chi connectivity index (χ3n) is 3.34. The molecule has 2 heterocycles. The van der Waals surface area contributed by atoms with E-state index in [0.717, 1.165) is 45.3 Å². The molecule has 0 bridgehead atoms. The number of methoxy groups -OCH3 is 1. The smallest absolute Gasteiger partial charge is 0.122 e. The highest BCUT2D eigenvalue weighted by Crippen LogP contribution is 2.14. The number of ether oxygens (including phenoxy) is 2. The number of nitrogens with zero attached hydrogens (tertiary/aromatic N) is 3. The van der Waals surface area contributed by atoms with Crippen LogP contribution >= 0.6 is 0 Å². The summed E-state index contributed by atoms with van der Waals surface area (Å²) >= 11 is 0. The molecule has 0 spiro atoms. The minimum atomic E-state index is 0.678. The van der Waals surface area contributed by atoms with Crippen molar-refractivity contribution in [3.63, 3.8) is 0 Å². The molecule has 1 fully saturated rings. The number of hydrogen-bond donors (Lipinski definition) is 0. The highest BCUT2D eigenvalue weighted by Gasteiger charge is 2.18. The van der Waals surface area contributed by atoms with Crippen LogP contribution in [0.5, 0.6) is 0 Å². The first-order valence-electron chi connectivity index (χ1n) is 6.55. The van der Waals surface area contributed by atoms with Crippen LogP contribution in [-0.2, 0) is 22.6 Å². The quantitative estimate of drug-likeness (QED) is 0.727. The number of hydrogen-bond acceptors (Lipinski definition) is 4. The van der Waals surface area contributed by atoms with E-state index in [2.05, 4.69) is 21.5 Å². The van der Waals surface area contributed by atoms with Crippen LogP contribution in [0.2, 0.25) is 0 Å². The lowest BCUT2D eigenvalue weighted by atomic mass is 10.1. The second-order valence-corrected chi connectivity index (χ2v) is 4.96. The molecule has 2 rings (SSSR count). The summed E-state index contributed by atoms with van der Waals surface area (Å²) in [5.74, 6) is 1.78. The van der Waals surface area contributed by atoms with Crippen molar-refractivity contribution in [1.82, 2.24) is 14.5 Å². The van der Waals surface area contributed by atoms with Crippen molar-refractivity contribution in [2.75, 3.05) is 40.5 Å². The van der Waals surface area contributed by atoms with E-state index in [0.29, 0.717) is 5.92 Å². The summed E-state index contributed by atoms with van der Waals surface area (Å²) in [6.45, 7) is 5.38. The first-order chi connectivity index (χ1) is 8.79. The Labute approximate surface area is 109 Å². The minimum absolute atomic E-state index is 0.678. The fraction of sp³-hybridized carbons (Fsp3) is 0.769. The van der Waals surface area contributed by atoms with Crippen LogP contribution < -0.4 is 0 Å². The van der Waals surface area contributed by atoms with Crippen molar-refractivity contribution in [3.8, 4) is 0 Å². The fourth-order valence-corrected chi connectivity index (χ4v) is 2.36. The van der Waals surface area contributed by atoms with Gasteiger partial charge in [0.15, 0.2) is 0 Å². The van der Waals surface area contributed by atoms with Gasteiger partial charge in [0.25, 0.3) is 0 Å². The molecule has 102 valence electrons. The zero-order chi connectivity index (χ0) is 12.8. The Hall–Kier alpha value is -0.910. The second kappa shape index (κ2) is 6.87. The summed E-state index contributed by atoms with van der Waals surface area (Å²) < 4.78 is 12.7. The SMILES string of the molecule is COCCn1ccnc1CN(C)CC1CCOC1. The topological polar surface area (TPSA) is 39.5 Å². The first-order valence-corrected chi connectivity index (χ1v) is 6.55. The summed E-state index contributed by atoms with van der Waals surface area (Å²) in [5, 5.41) is 0. The molecule has 1 unspecified atom stereocenters. The summed E-state index contributed by atoms with van der Waals surface area (Å²) in [4.78, 5) is 6.74. The van der Waals surface area contributed by atoms with Crippen LogP contribution in [0.3, 0.4) is 0 Å². The molecule has 5 heteroatoms. The number of aromatic nitrogens is 2. The molecule has 0 N–H and O–H groups in total. The van der Waals surface area contributed by atoms with Crippen LogP contribution in [0.1, 0.15) is 12.2 Å². The van der Waals surface area contributed by atoms with Gasteiger partial charge in [-0.2, -0.15) is 0 Å². The van der Waals surface area contributed by atoms with Gasteiger partial charge in [-0.25, -0.2) is 4.98 Å². The van der Waals surface area contributed by atoms with E-state index in [1.807, 2.05) is 12.4 Å². The predicted octanol–water partition coefficient (Wildman–Crippen LogP) is 0.998. The molecular weight excluding hydrogens is 230 g/mol. The lowest BCUT2D eigenvalue weighted by Crippen LogP contribution is -2.27. The summed E-state index contributed by atoms with van der Waals surface area (Å²) in [6, 6.07) is 0. The maximum atomic E-state index is 5.41. The largest absolute Gasteiger partial charge is 0.383 e. The molecule has 0 aliphatic carbocycles. The van der Waals surface area contributed by atoms with Gasteiger partial charge >= 0.3 is 0 Å². The lowest BCUT2D eigenvalue weighted by Gasteiger charge is -2.20. The van der Waals surface area contributed by atoms with Crippen LogP contribution in [0.15, 0.2) is 12.4 Å². The van der Waals surface area contributed by atoms with Crippen LogP contribution in [0, 0.1) is 5.92 Å². The van der Waals surface area contributed by atoms with Gasteiger partial charge in [0, 0.05) is 39.2 Å². The minimum Gasteiger partial charge on any atom is -0.383 e. The van der Waals surface area contributed by atoms with Gasteiger partial charge in [-0.05, 0) is 19.4 Å². The van der Waals surface area contributed by atoms with E-state index >= 15 is 0 Å². The average Bonchev–Trinajstić information content (AvgIpc) is 2.98. The molecule has 0 radical (unpaired) electrons. The third kappa shape index (κ3) is 3.80. The molecule has 1 saturated heterocycles. The molecule has 0 amide bonds. The van der Waals surface area contributed by atoms with E-state index in [-0.39, 0.29) is 0 Å². The van der Waals surface area contributed by atoms with Crippen molar-refractivity contribution < 1.29 is 9.47 Å². The Balaban J connectivity index is 1.81. The van der Waals surface area contributed by atoms with Crippen molar-refractivity contribution in [3.05, 3.63) is 18.2 Å². The van der Waals surface area contributed by atoms with Gasteiger partial charge in [-0.15, -0.1) is 0 Å². The van der Waals surface area contributed by atoms with Crippen LogP contribution in [0.4, 0.5) is 0 Å². The predicted molar refractivity (Wildman–Crippen MR) is 69.4 cm³/mol. The summed E-state index contributed by atoms with van der Waals surface area (Å²) in [7, 11) is 3.87. The van der Waals surface area contributed by atoms with Crippen molar-refractivity contribution in [1.29, 1.82) is 0 Å². The molecule has 0 aromatic carbocycles. The molecule has 1 aliphatic rings. The molecule has 5 nitrogen and oxygen atoms in total. The first kappa shape index (κ1) is 13.5. The number of rotatable bonds is 7. The van der Waals surface area contributed by atoms with Gasteiger partial charge in [-0.3, -0.25) is 4.90 Å². The van der Waals surface area contributed by atoms with Crippen molar-refractivity contribution >= 4 is 0 Å². The van der Waals surface area contributed by atoms with Crippen LogP contribution in [0.25, 0.3) is 0 Å². The Bertz CT molecular complexity index is 348. The monoisotopic (exact) mass is 253 g/mol. The molecule has 0 saturated carbocycles. The lowest BCUT2D eigenvalue weighted by molar-refractivity contribution is 0.170. The van der Waals surface area contributed by atoms with Crippen molar-refractivity contribution in [2.24, 2.45) is 5.92 Å². The molecule has 1 aromatic rings.